The van der Waals surface area contributed by atoms with Crippen molar-refractivity contribution in [2.24, 2.45) is 0 Å². The van der Waals surface area contributed by atoms with Gasteiger partial charge in [0.2, 0.25) is 0 Å². The standard InChI is InChI=1S/C15H18INO3/c1-10(17-9-12-5-7-15(16)20-12)13-6-4-11(18-2)8-14(13)19-3/h4-8,10,17H,9H2,1-3H3. The Morgan fingerprint density at radius 2 is 2.00 bits per heavy atom. The first-order valence-electron chi connectivity index (χ1n) is 6.33. The van der Waals surface area contributed by atoms with Gasteiger partial charge in [-0.05, 0) is 47.7 Å². The van der Waals surface area contributed by atoms with Crippen molar-refractivity contribution >= 4 is 22.6 Å². The predicted octanol–water partition coefficient (Wildman–Crippen LogP) is 3.75. The minimum atomic E-state index is 0.151. The Morgan fingerprint density at radius 3 is 2.60 bits per heavy atom. The number of furan rings is 1. The van der Waals surface area contributed by atoms with E-state index in [4.69, 9.17) is 13.9 Å². The highest BCUT2D eigenvalue weighted by Crippen LogP contribution is 2.29. The van der Waals surface area contributed by atoms with Crippen LogP contribution in [0.3, 0.4) is 0 Å². The lowest BCUT2D eigenvalue weighted by molar-refractivity contribution is 0.383. The van der Waals surface area contributed by atoms with E-state index in [2.05, 4.69) is 34.8 Å². The van der Waals surface area contributed by atoms with Crippen LogP contribution >= 0.6 is 22.6 Å². The van der Waals surface area contributed by atoms with Gasteiger partial charge in [-0.1, -0.05) is 6.07 Å². The second kappa shape index (κ2) is 6.99. The molecule has 0 aliphatic rings. The first-order valence-corrected chi connectivity index (χ1v) is 7.41. The molecule has 0 amide bonds. The van der Waals surface area contributed by atoms with E-state index in [0.29, 0.717) is 6.54 Å². The van der Waals surface area contributed by atoms with Crippen LogP contribution in [0.5, 0.6) is 11.5 Å². The van der Waals surface area contributed by atoms with Crippen molar-refractivity contribution in [3.8, 4) is 11.5 Å². The Morgan fingerprint density at radius 1 is 1.20 bits per heavy atom. The van der Waals surface area contributed by atoms with Crippen LogP contribution in [-0.4, -0.2) is 14.2 Å². The summed E-state index contributed by atoms with van der Waals surface area (Å²) in [5.41, 5.74) is 1.09. The molecule has 1 N–H and O–H groups in total. The largest absolute Gasteiger partial charge is 0.497 e. The lowest BCUT2D eigenvalue weighted by atomic mass is 10.1. The van der Waals surface area contributed by atoms with Gasteiger partial charge in [0.05, 0.1) is 20.8 Å². The molecule has 0 saturated carbocycles. The molecular weight excluding hydrogens is 369 g/mol. The SMILES string of the molecule is COc1ccc(C(C)NCc2ccc(I)o2)c(OC)c1. The highest BCUT2D eigenvalue weighted by molar-refractivity contribution is 14.1. The van der Waals surface area contributed by atoms with E-state index in [1.54, 1.807) is 14.2 Å². The summed E-state index contributed by atoms with van der Waals surface area (Å²) < 4.78 is 17.1. The molecule has 0 aliphatic carbocycles. The third-order valence-electron chi connectivity index (χ3n) is 3.12. The molecule has 1 atom stereocenters. The fraction of sp³-hybridized carbons (Fsp3) is 0.333. The molecule has 5 heteroatoms. The number of halogens is 1. The number of benzene rings is 1. The molecule has 1 aromatic carbocycles. The van der Waals surface area contributed by atoms with Crippen molar-refractivity contribution in [3.63, 3.8) is 0 Å². The van der Waals surface area contributed by atoms with Gasteiger partial charge in [-0.3, -0.25) is 0 Å². The maximum absolute atomic E-state index is 5.54. The summed E-state index contributed by atoms with van der Waals surface area (Å²) in [6.45, 7) is 2.78. The third-order valence-corrected chi connectivity index (χ3v) is 3.70. The molecule has 1 heterocycles. The minimum Gasteiger partial charge on any atom is -0.497 e. The van der Waals surface area contributed by atoms with Crippen molar-refractivity contribution in [1.82, 2.24) is 5.32 Å². The Labute approximate surface area is 132 Å². The number of ether oxygens (including phenoxy) is 2. The van der Waals surface area contributed by atoms with Gasteiger partial charge in [0.1, 0.15) is 17.3 Å². The average Bonchev–Trinajstić information content (AvgIpc) is 2.89. The summed E-state index contributed by atoms with van der Waals surface area (Å²) >= 11 is 2.16. The maximum atomic E-state index is 5.54. The highest BCUT2D eigenvalue weighted by atomic mass is 127. The maximum Gasteiger partial charge on any atom is 0.164 e. The molecule has 0 spiro atoms. The van der Waals surface area contributed by atoms with E-state index < -0.39 is 0 Å². The first-order chi connectivity index (χ1) is 9.63. The van der Waals surface area contributed by atoms with E-state index in [0.717, 1.165) is 26.6 Å². The van der Waals surface area contributed by atoms with Gasteiger partial charge in [0, 0.05) is 17.7 Å². The monoisotopic (exact) mass is 387 g/mol. The fourth-order valence-electron chi connectivity index (χ4n) is 1.99. The molecule has 4 nitrogen and oxygen atoms in total. The zero-order chi connectivity index (χ0) is 14.5. The van der Waals surface area contributed by atoms with E-state index in [1.165, 1.54) is 0 Å². The lowest BCUT2D eigenvalue weighted by Gasteiger charge is -2.17. The molecule has 1 unspecified atom stereocenters. The molecule has 0 saturated heterocycles. The zero-order valence-corrected chi connectivity index (χ0v) is 13.9. The van der Waals surface area contributed by atoms with Crippen molar-refractivity contribution in [2.75, 3.05) is 14.2 Å². The first kappa shape index (κ1) is 15.2. The van der Waals surface area contributed by atoms with Gasteiger partial charge in [0.15, 0.2) is 3.77 Å². The summed E-state index contributed by atoms with van der Waals surface area (Å²) in [6.07, 6.45) is 0. The fourth-order valence-corrected chi connectivity index (χ4v) is 2.45. The molecule has 2 rings (SSSR count). The smallest absolute Gasteiger partial charge is 0.164 e. The van der Waals surface area contributed by atoms with Gasteiger partial charge in [-0.2, -0.15) is 0 Å². The Hall–Kier alpha value is -1.21. The quantitative estimate of drug-likeness (QED) is 0.767. The second-order valence-corrected chi connectivity index (χ2v) is 5.48. The zero-order valence-electron chi connectivity index (χ0n) is 11.8. The van der Waals surface area contributed by atoms with Crippen LogP contribution in [0.15, 0.2) is 34.7 Å². The van der Waals surface area contributed by atoms with E-state index in [9.17, 15) is 0 Å². The van der Waals surface area contributed by atoms with Gasteiger partial charge < -0.3 is 19.2 Å². The van der Waals surface area contributed by atoms with Crippen molar-refractivity contribution < 1.29 is 13.9 Å². The number of nitrogens with one attached hydrogen (secondary N) is 1. The lowest BCUT2D eigenvalue weighted by Crippen LogP contribution is -2.18. The summed E-state index contributed by atoms with van der Waals surface area (Å²) in [5, 5.41) is 3.42. The van der Waals surface area contributed by atoms with Crippen molar-refractivity contribution in [1.29, 1.82) is 0 Å². The van der Waals surface area contributed by atoms with Gasteiger partial charge >= 0.3 is 0 Å². The van der Waals surface area contributed by atoms with Crippen molar-refractivity contribution in [2.45, 2.75) is 19.5 Å². The molecule has 0 radical (unpaired) electrons. The molecule has 108 valence electrons. The Balaban J connectivity index is 2.06. The van der Waals surface area contributed by atoms with E-state index in [-0.39, 0.29) is 6.04 Å². The molecule has 0 fully saturated rings. The van der Waals surface area contributed by atoms with Gasteiger partial charge in [0.25, 0.3) is 0 Å². The van der Waals surface area contributed by atoms with Crippen LogP contribution in [0, 0.1) is 3.77 Å². The Bertz CT molecular complexity index is 568. The number of methoxy groups -OCH3 is 2. The van der Waals surface area contributed by atoms with Crippen LogP contribution in [-0.2, 0) is 6.54 Å². The van der Waals surface area contributed by atoms with Gasteiger partial charge in [-0.25, -0.2) is 0 Å². The molecule has 1 aromatic heterocycles. The van der Waals surface area contributed by atoms with E-state index >= 15 is 0 Å². The minimum absolute atomic E-state index is 0.151. The van der Waals surface area contributed by atoms with Gasteiger partial charge in [-0.15, -0.1) is 0 Å². The van der Waals surface area contributed by atoms with Crippen LogP contribution in [0.2, 0.25) is 0 Å². The van der Waals surface area contributed by atoms with Crippen LogP contribution in [0.25, 0.3) is 0 Å². The number of hydrogen-bond donors (Lipinski definition) is 1. The predicted molar refractivity (Wildman–Crippen MR) is 86.2 cm³/mol. The molecule has 20 heavy (non-hydrogen) atoms. The average molecular weight is 387 g/mol. The molecule has 0 bridgehead atoms. The molecular formula is C15H18INO3. The summed E-state index contributed by atoms with van der Waals surface area (Å²) in [5.74, 6) is 2.53. The summed E-state index contributed by atoms with van der Waals surface area (Å²) in [4.78, 5) is 0. The number of hydrogen-bond acceptors (Lipinski definition) is 4. The highest BCUT2D eigenvalue weighted by Gasteiger charge is 2.12. The molecule has 2 aromatic rings. The van der Waals surface area contributed by atoms with Crippen LogP contribution in [0.1, 0.15) is 24.3 Å². The van der Waals surface area contributed by atoms with Crippen LogP contribution in [0.4, 0.5) is 0 Å². The third kappa shape index (κ3) is 3.67. The molecule has 0 aliphatic heterocycles. The summed E-state index contributed by atoms with van der Waals surface area (Å²) in [7, 11) is 3.31. The topological polar surface area (TPSA) is 43.6 Å². The van der Waals surface area contributed by atoms with Crippen LogP contribution < -0.4 is 14.8 Å². The van der Waals surface area contributed by atoms with Crippen molar-refractivity contribution in [3.05, 3.63) is 45.4 Å². The normalized spacial score (nSPS) is 12.2. The number of rotatable bonds is 6. The van der Waals surface area contributed by atoms with E-state index in [1.807, 2.05) is 30.3 Å². The Kier molecular flexibility index (Phi) is 5.31. The summed E-state index contributed by atoms with van der Waals surface area (Å²) in [6, 6.07) is 9.93. The second-order valence-electron chi connectivity index (χ2n) is 4.42.